The van der Waals surface area contributed by atoms with Crippen molar-refractivity contribution in [2.75, 3.05) is 13.1 Å². The minimum Gasteiger partial charge on any atom is -0.361 e. The van der Waals surface area contributed by atoms with Crippen LogP contribution in [-0.4, -0.2) is 24.2 Å². The highest BCUT2D eigenvalue weighted by atomic mass is 16.5. The first kappa shape index (κ1) is 14.1. The SMILES string of the molecule is Cc1noc(C)c1CNC(=O)CCC1CCNCC1. The van der Waals surface area contributed by atoms with Crippen molar-refractivity contribution in [1.82, 2.24) is 15.8 Å². The topological polar surface area (TPSA) is 67.2 Å². The molecule has 0 spiro atoms. The van der Waals surface area contributed by atoms with Crippen molar-refractivity contribution in [3.8, 4) is 0 Å². The third-order valence-corrected chi connectivity index (χ3v) is 3.88. The van der Waals surface area contributed by atoms with Crippen LogP contribution in [0, 0.1) is 19.8 Å². The Kier molecular flexibility index (Phi) is 4.96. The first-order valence-electron chi connectivity index (χ1n) is 7.06. The molecule has 0 atom stereocenters. The molecular weight excluding hydrogens is 242 g/mol. The molecule has 2 rings (SSSR count). The van der Waals surface area contributed by atoms with Crippen LogP contribution in [0.25, 0.3) is 0 Å². The number of aromatic nitrogens is 1. The molecule has 0 saturated carbocycles. The minimum atomic E-state index is 0.124. The molecule has 5 heteroatoms. The number of aryl methyl sites for hydroxylation is 2. The molecule has 19 heavy (non-hydrogen) atoms. The second-order valence-electron chi connectivity index (χ2n) is 5.31. The molecule has 1 aromatic rings. The van der Waals surface area contributed by atoms with E-state index in [4.69, 9.17) is 4.52 Å². The standard InChI is InChI=1S/C14H23N3O2/c1-10-13(11(2)19-17-10)9-16-14(18)4-3-12-5-7-15-8-6-12/h12,15H,3-9H2,1-2H3,(H,16,18). The van der Waals surface area contributed by atoms with Crippen molar-refractivity contribution in [2.24, 2.45) is 5.92 Å². The molecule has 0 bridgehead atoms. The molecule has 1 aliphatic heterocycles. The summed E-state index contributed by atoms with van der Waals surface area (Å²) in [5.41, 5.74) is 1.85. The smallest absolute Gasteiger partial charge is 0.220 e. The number of nitrogens with one attached hydrogen (secondary N) is 2. The molecular formula is C14H23N3O2. The Morgan fingerprint density at radius 3 is 2.79 bits per heavy atom. The van der Waals surface area contributed by atoms with Gasteiger partial charge in [0.2, 0.25) is 5.91 Å². The lowest BCUT2D eigenvalue weighted by Crippen LogP contribution is -2.29. The first-order chi connectivity index (χ1) is 9.16. The zero-order valence-corrected chi connectivity index (χ0v) is 11.8. The number of nitrogens with zero attached hydrogens (tertiary/aromatic N) is 1. The van der Waals surface area contributed by atoms with Gasteiger partial charge in [-0.2, -0.15) is 0 Å². The lowest BCUT2D eigenvalue weighted by Gasteiger charge is -2.22. The zero-order valence-electron chi connectivity index (χ0n) is 11.8. The molecule has 1 saturated heterocycles. The molecule has 2 N–H and O–H groups in total. The average Bonchev–Trinajstić information content (AvgIpc) is 2.75. The zero-order chi connectivity index (χ0) is 13.7. The normalized spacial score (nSPS) is 16.5. The number of amides is 1. The van der Waals surface area contributed by atoms with E-state index >= 15 is 0 Å². The molecule has 0 aromatic carbocycles. The van der Waals surface area contributed by atoms with Gasteiger partial charge in [-0.05, 0) is 52.1 Å². The molecule has 1 aliphatic rings. The maximum Gasteiger partial charge on any atom is 0.220 e. The van der Waals surface area contributed by atoms with E-state index in [1.54, 1.807) is 0 Å². The number of rotatable bonds is 5. The van der Waals surface area contributed by atoms with Crippen LogP contribution >= 0.6 is 0 Å². The molecule has 2 heterocycles. The summed E-state index contributed by atoms with van der Waals surface area (Å²) < 4.78 is 5.07. The van der Waals surface area contributed by atoms with Crippen LogP contribution in [0.4, 0.5) is 0 Å². The maximum atomic E-state index is 11.8. The molecule has 0 radical (unpaired) electrons. The molecule has 1 amide bonds. The van der Waals surface area contributed by atoms with E-state index in [1.165, 1.54) is 12.8 Å². The van der Waals surface area contributed by atoms with Crippen molar-refractivity contribution in [3.05, 3.63) is 17.0 Å². The Labute approximate surface area is 114 Å². The fraction of sp³-hybridized carbons (Fsp3) is 0.714. The fourth-order valence-corrected chi connectivity index (χ4v) is 2.54. The van der Waals surface area contributed by atoms with Crippen LogP contribution in [0.3, 0.4) is 0 Å². The Bertz CT molecular complexity index is 403. The first-order valence-corrected chi connectivity index (χ1v) is 7.06. The highest BCUT2D eigenvalue weighted by Gasteiger charge is 2.15. The summed E-state index contributed by atoms with van der Waals surface area (Å²) in [5.74, 6) is 1.61. The fourth-order valence-electron chi connectivity index (χ4n) is 2.54. The van der Waals surface area contributed by atoms with Gasteiger partial charge in [0.25, 0.3) is 0 Å². The molecule has 0 aliphatic carbocycles. The number of hydrogen-bond acceptors (Lipinski definition) is 4. The van der Waals surface area contributed by atoms with E-state index in [9.17, 15) is 4.79 Å². The minimum absolute atomic E-state index is 0.124. The maximum absolute atomic E-state index is 11.8. The van der Waals surface area contributed by atoms with Crippen LogP contribution in [0.5, 0.6) is 0 Å². The van der Waals surface area contributed by atoms with Crippen LogP contribution in [0.15, 0.2) is 4.52 Å². The lowest BCUT2D eigenvalue weighted by molar-refractivity contribution is -0.121. The van der Waals surface area contributed by atoms with E-state index < -0.39 is 0 Å². The lowest BCUT2D eigenvalue weighted by atomic mass is 9.93. The van der Waals surface area contributed by atoms with Gasteiger partial charge in [-0.25, -0.2) is 0 Å². The summed E-state index contributed by atoms with van der Waals surface area (Å²) in [5, 5.41) is 10.2. The molecule has 1 aromatic heterocycles. The van der Waals surface area contributed by atoms with E-state index in [0.29, 0.717) is 18.9 Å². The highest BCUT2D eigenvalue weighted by Crippen LogP contribution is 2.17. The molecule has 1 fully saturated rings. The number of hydrogen-bond donors (Lipinski definition) is 2. The summed E-state index contributed by atoms with van der Waals surface area (Å²) in [6.07, 6.45) is 4.00. The van der Waals surface area contributed by atoms with Crippen molar-refractivity contribution >= 4 is 5.91 Å². The Hall–Kier alpha value is -1.36. The Balaban J connectivity index is 1.69. The summed E-state index contributed by atoms with van der Waals surface area (Å²) in [7, 11) is 0. The van der Waals surface area contributed by atoms with Gasteiger partial charge in [-0.3, -0.25) is 4.79 Å². The third-order valence-electron chi connectivity index (χ3n) is 3.88. The van der Waals surface area contributed by atoms with Crippen LogP contribution < -0.4 is 10.6 Å². The van der Waals surface area contributed by atoms with E-state index in [2.05, 4.69) is 15.8 Å². The van der Waals surface area contributed by atoms with Gasteiger partial charge in [-0.1, -0.05) is 5.16 Å². The van der Waals surface area contributed by atoms with E-state index in [-0.39, 0.29) is 5.91 Å². The number of carbonyl (C=O) groups excluding carboxylic acids is 1. The van der Waals surface area contributed by atoms with Crippen molar-refractivity contribution in [2.45, 2.75) is 46.1 Å². The molecule has 106 valence electrons. The van der Waals surface area contributed by atoms with Crippen LogP contribution in [0.2, 0.25) is 0 Å². The second kappa shape index (κ2) is 6.70. The number of carbonyl (C=O) groups is 1. The Morgan fingerprint density at radius 2 is 2.16 bits per heavy atom. The van der Waals surface area contributed by atoms with Gasteiger partial charge < -0.3 is 15.2 Å². The van der Waals surface area contributed by atoms with Crippen LogP contribution in [0.1, 0.15) is 42.7 Å². The highest BCUT2D eigenvalue weighted by molar-refractivity contribution is 5.75. The molecule has 0 unspecified atom stereocenters. The van der Waals surface area contributed by atoms with Crippen LogP contribution in [-0.2, 0) is 11.3 Å². The quantitative estimate of drug-likeness (QED) is 0.850. The summed E-state index contributed by atoms with van der Waals surface area (Å²) in [6.45, 7) is 6.46. The summed E-state index contributed by atoms with van der Waals surface area (Å²) >= 11 is 0. The predicted molar refractivity (Wildman–Crippen MR) is 72.7 cm³/mol. The summed E-state index contributed by atoms with van der Waals surface area (Å²) in [6, 6.07) is 0. The van der Waals surface area contributed by atoms with E-state index in [0.717, 1.165) is 36.5 Å². The third kappa shape index (κ3) is 4.06. The van der Waals surface area contributed by atoms with Gasteiger partial charge >= 0.3 is 0 Å². The number of piperidine rings is 1. The average molecular weight is 265 g/mol. The largest absolute Gasteiger partial charge is 0.361 e. The van der Waals surface area contributed by atoms with Gasteiger partial charge in [0.15, 0.2) is 0 Å². The van der Waals surface area contributed by atoms with E-state index in [1.807, 2.05) is 13.8 Å². The Morgan fingerprint density at radius 1 is 1.42 bits per heavy atom. The predicted octanol–water partition coefficient (Wildman–Crippen LogP) is 1.69. The van der Waals surface area contributed by atoms with Gasteiger partial charge in [0.1, 0.15) is 5.76 Å². The monoisotopic (exact) mass is 265 g/mol. The summed E-state index contributed by atoms with van der Waals surface area (Å²) in [4.78, 5) is 11.8. The van der Waals surface area contributed by atoms with Crippen molar-refractivity contribution in [1.29, 1.82) is 0 Å². The van der Waals surface area contributed by atoms with Crippen molar-refractivity contribution in [3.63, 3.8) is 0 Å². The molecule has 5 nitrogen and oxygen atoms in total. The second-order valence-corrected chi connectivity index (χ2v) is 5.31. The van der Waals surface area contributed by atoms with Gasteiger partial charge in [0.05, 0.1) is 5.69 Å². The van der Waals surface area contributed by atoms with Gasteiger partial charge in [-0.15, -0.1) is 0 Å². The van der Waals surface area contributed by atoms with Crippen molar-refractivity contribution < 1.29 is 9.32 Å². The van der Waals surface area contributed by atoms with Gasteiger partial charge in [0, 0.05) is 18.5 Å².